The number of nitrogens with two attached hydrogens (primary N) is 1. The van der Waals surface area contributed by atoms with Gasteiger partial charge < -0.3 is 10.8 Å². The van der Waals surface area contributed by atoms with Crippen molar-refractivity contribution >= 4 is 39.7 Å². The first-order chi connectivity index (χ1) is 13.4. The monoisotopic (exact) mass is 431 g/mol. The number of hydrogen-bond acceptors (Lipinski definition) is 8. The summed E-state index contributed by atoms with van der Waals surface area (Å²) in [6.45, 7) is 0. The summed E-state index contributed by atoms with van der Waals surface area (Å²) in [4.78, 5) is 50.2. The number of primary amides is 1. The van der Waals surface area contributed by atoms with Crippen molar-refractivity contribution < 1.29 is 47.3 Å². The van der Waals surface area contributed by atoms with Gasteiger partial charge in [-0.3, -0.25) is 34.3 Å². The Bertz CT molecular complexity index is 910. The van der Waals surface area contributed by atoms with Gasteiger partial charge in [0, 0.05) is 18.9 Å². The molecule has 1 heterocycles. The van der Waals surface area contributed by atoms with Crippen LogP contribution in [0.15, 0.2) is 41.3 Å². The molecule has 0 unspecified atom stereocenters. The van der Waals surface area contributed by atoms with Crippen LogP contribution in [0.3, 0.4) is 0 Å². The number of benzene rings is 1. The number of hydroxylamine groups is 1. The van der Waals surface area contributed by atoms with Crippen molar-refractivity contribution in [1.29, 1.82) is 0 Å². The molecule has 158 valence electrons. The van der Waals surface area contributed by atoms with E-state index in [4.69, 9.17) is 20.6 Å². The van der Waals surface area contributed by atoms with Crippen LogP contribution in [0.4, 0.5) is 0 Å². The van der Waals surface area contributed by atoms with Crippen molar-refractivity contribution in [2.75, 3.05) is 0 Å². The third-order valence-corrected chi connectivity index (χ3v) is 3.60. The number of rotatable bonds is 5. The minimum absolute atomic E-state index is 0.0353. The molecule has 0 aliphatic carbocycles. The molecule has 13 nitrogen and oxygen atoms in total. The van der Waals surface area contributed by atoms with Crippen molar-refractivity contribution in [1.82, 2.24) is 10.8 Å². The zero-order valence-electron chi connectivity index (χ0n) is 14.6. The van der Waals surface area contributed by atoms with Crippen LogP contribution >= 0.6 is 0 Å². The molecule has 7 N–H and O–H groups in total. The number of carbonyl (C=O) groups is 5. The Morgan fingerprint density at radius 3 is 1.90 bits per heavy atom. The van der Waals surface area contributed by atoms with Crippen molar-refractivity contribution in [3.8, 4) is 0 Å². The molecule has 0 bridgehead atoms. The molecule has 1 aromatic carbocycles. The van der Waals surface area contributed by atoms with E-state index in [1.165, 1.54) is 5.48 Å². The fourth-order valence-electron chi connectivity index (χ4n) is 1.46. The van der Waals surface area contributed by atoms with Gasteiger partial charge in [-0.1, -0.05) is 18.2 Å². The lowest BCUT2D eigenvalue weighted by Crippen LogP contribution is -2.24. The van der Waals surface area contributed by atoms with Gasteiger partial charge in [0.25, 0.3) is 21.9 Å². The summed E-state index contributed by atoms with van der Waals surface area (Å²) in [7, 11) is -4.56. The van der Waals surface area contributed by atoms with E-state index in [1.807, 2.05) is 0 Å². The molecule has 0 saturated carbocycles. The molecule has 29 heavy (non-hydrogen) atoms. The SMILES string of the molecule is NC(=O)CCC(=O)NO.O=C(O)c1ccccc1.O=C1C=C(S(=O)(=O)O)C(=O)N1. The first kappa shape index (κ1) is 25.4. The maximum Gasteiger partial charge on any atom is 0.335 e. The van der Waals surface area contributed by atoms with Gasteiger partial charge in [0.05, 0.1) is 5.56 Å². The second-order valence-corrected chi connectivity index (χ2v) is 6.36. The molecule has 14 heteroatoms. The Labute approximate surface area is 163 Å². The number of aromatic carboxylic acids is 1. The van der Waals surface area contributed by atoms with Crippen LogP contribution in [0.2, 0.25) is 0 Å². The van der Waals surface area contributed by atoms with Gasteiger partial charge in [0.15, 0.2) is 4.91 Å². The normalized spacial score (nSPS) is 12.3. The van der Waals surface area contributed by atoms with E-state index in [-0.39, 0.29) is 12.8 Å². The van der Waals surface area contributed by atoms with Gasteiger partial charge in [0.2, 0.25) is 11.8 Å². The number of carboxylic acid groups (broad SMARTS) is 1. The number of nitrogens with one attached hydrogen (secondary N) is 2. The fraction of sp³-hybridized carbons (Fsp3) is 0.133. The third kappa shape index (κ3) is 11.0. The highest BCUT2D eigenvalue weighted by Gasteiger charge is 2.30. The predicted molar refractivity (Wildman–Crippen MR) is 94.5 cm³/mol. The lowest BCUT2D eigenvalue weighted by molar-refractivity contribution is -0.131. The topological polar surface area (TPSA) is 230 Å². The summed E-state index contributed by atoms with van der Waals surface area (Å²) < 4.78 is 28.8. The minimum Gasteiger partial charge on any atom is -0.478 e. The highest BCUT2D eigenvalue weighted by Crippen LogP contribution is 2.08. The first-order valence-corrected chi connectivity index (χ1v) is 8.86. The standard InChI is InChI=1S/C7H6O2.C4H8N2O3.C4H3NO5S/c8-7(9)6-4-2-1-3-5-6;5-3(7)1-2-4(8)6-9;6-3-1-2(4(7)5-3)11(8,9)10/h1-5H,(H,8,9);9H,1-2H2,(H2,5,7)(H,6,8);1H,(H,5,6,7)(H,8,9,10). The summed E-state index contributed by atoms with van der Waals surface area (Å²) in [5, 5.41) is 17.9. The molecule has 1 aromatic rings. The van der Waals surface area contributed by atoms with Crippen LogP contribution in [-0.4, -0.2) is 52.9 Å². The first-order valence-electron chi connectivity index (χ1n) is 7.42. The summed E-state index contributed by atoms with van der Waals surface area (Å²) in [5.74, 6) is -3.98. The zero-order chi connectivity index (χ0) is 22.6. The van der Waals surface area contributed by atoms with E-state index < -0.39 is 44.6 Å². The highest BCUT2D eigenvalue weighted by molar-refractivity contribution is 7.91. The number of imide groups is 1. The Morgan fingerprint density at radius 2 is 1.62 bits per heavy atom. The van der Waals surface area contributed by atoms with Crippen molar-refractivity contribution in [2.45, 2.75) is 12.8 Å². The zero-order valence-corrected chi connectivity index (χ0v) is 15.4. The molecule has 1 aliphatic rings. The Kier molecular flexibility index (Phi) is 10.5. The molecule has 0 spiro atoms. The highest BCUT2D eigenvalue weighted by atomic mass is 32.2. The van der Waals surface area contributed by atoms with E-state index in [2.05, 4.69) is 0 Å². The summed E-state index contributed by atoms with van der Waals surface area (Å²) in [6, 6.07) is 8.30. The Balaban J connectivity index is 0.000000409. The van der Waals surface area contributed by atoms with Gasteiger partial charge in [-0.25, -0.2) is 10.3 Å². The molecule has 0 saturated heterocycles. The van der Waals surface area contributed by atoms with Gasteiger partial charge >= 0.3 is 5.97 Å². The van der Waals surface area contributed by atoms with E-state index in [0.29, 0.717) is 11.6 Å². The molecule has 0 radical (unpaired) electrons. The fourth-order valence-corrected chi connectivity index (χ4v) is 2.00. The predicted octanol–water partition coefficient (Wildman–Crippen LogP) is -1.44. The molecular formula is C15H17N3O10S. The van der Waals surface area contributed by atoms with Gasteiger partial charge in [-0.2, -0.15) is 8.42 Å². The van der Waals surface area contributed by atoms with Crippen molar-refractivity contribution in [3.63, 3.8) is 0 Å². The Hall–Kier alpha value is -3.62. The van der Waals surface area contributed by atoms with Crippen LogP contribution in [0.25, 0.3) is 0 Å². The Morgan fingerprint density at radius 1 is 1.07 bits per heavy atom. The molecule has 2 rings (SSSR count). The van der Waals surface area contributed by atoms with Gasteiger partial charge in [-0.15, -0.1) is 0 Å². The van der Waals surface area contributed by atoms with Crippen LogP contribution < -0.4 is 16.5 Å². The van der Waals surface area contributed by atoms with E-state index >= 15 is 0 Å². The van der Waals surface area contributed by atoms with Crippen LogP contribution in [-0.2, 0) is 29.3 Å². The summed E-state index contributed by atoms with van der Waals surface area (Å²) >= 11 is 0. The molecule has 4 amide bonds. The second-order valence-electron chi connectivity index (χ2n) is 4.97. The summed E-state index contributed by atoms with van der Waals surface area (Å²) in [6.07, 6.45) is 0.426. The van der Waals surface area contributed by atoms with Crippen LogP contribution in [0.1, 0.15) is 23.2 Å². The number of carboxylic acids is 1. The number of hydrogen-bond donors (Lipinski definition) is 6. The second kappa shape index (κ2) is 12.0. The maximum absolute atomic E-state index is 10.5. The molecule has 0 aromatic heterocycles. The smallest absolute Gasteiger partial charge is 0.335 e. The quantitative estimate of drug-likeness (QED) is 0.137. The van der Waals surface area contributed by atoms with Gasteiger partial charge in [-0.05, 0) is 12.1 Å². The maximum atomic E-state index is 10.5. The van der Waals surface area contributed by atoms with E-state index in [0.717, 1.165) is 0 Å². The third-order valence-electron chi connectivity index (χ3n) is 2.74. The van der Waals surface area contributed by atoms with Crippen LogP contribution in [0, 0.1) is 0 Å². The largest absolute Gasteiger partial charge is 0.478 e. The van der Waals surface area contributed by atoms with E-state index in [9.17, 15) is 32.4 Å². The van der Waals surface area contributed by atoms with Crippen LogP contribution in [0.5, 0.6) is 0 Å². The van der Waals surface area contributed by atoms with Gasteiger partial charge in [0.1, 0.15) is 0 Å². The molecule has 0 fully saturated rings. The van der Waals surface area contributed by atoms with E-state index in [1.54, 1.807) is 35.6 Å². The number of carbonyl (C=O) groups excluding carboxylic acids is 4. The summed E-state index contributed by atoms with van der Waals surface area (Å²) in [5.41, 5.74) is 6.40. The minimum atomic E-state index is -4.56. The lowest BCUT2D eigenvalue weighted by Gasteiger charge is -1.92. The van der Waals surface area contributed by atoms with Crippen molar-refractivity contribution in [2.24, 2.45) is 5.73 Å². The molecular weight excluding hydrogens is 414 g/mol. The van der Waals surface area contributed by atoms with Crippen molar-refractivity contribution in [3.05, 3.63) is 46.9 Å². The number of amides is 4. The molecule has 0 atom stereocenters. The lowest BCUT2D eigenvalue weighted by atomic mass is 10.2. The average Bonchev–Trinajstić information content (AvgIpc) is 3.00. The average molecular weight is 431 g/mol. The molecule has 1 aliphatic heterocycles.